The van der Waals surface area contributed by atoms with Gasteiger partial charge in [-0.25, -0.2) is 8.42 Å². The summed E-state index contributed by atoms with van der Waals surface area (Å²) in [5.41, 5.74) is -4.32. The van der Waals surface area contributed by atoms with E-state index in [2.05, 4.69) is 0 Å². The van der Waals surface area contributed by atoms with Gasteiger partial charge in [0.1, 0.15) is 5.75 Å². The summed E-state index contributed by atoms with van der Waals surface area (Å²) in [7, 11) is -3.89. The zero-order valence-electron chi connectivity index (χ0n) is 18.5. The number of ether oxygens (including phenoxy) is 1. The number of aryl methyl sites for hydroxylation is 1. The van der Waals surface area contributed by atoms with Gasteiger partial charge in [-0.2, -0.15) is 13.2 Å². The second-order valence-electron chi connectivity index (χ2n) is 7.85. The van der Waals surface area contributed by atoms with E-state index in [1.165, 1.54) is 4.90 Å². The Bertz CT molecular complexity index is 1120. The second-order valence-corrected chi connectivity index (χ2v) is 9.79. The fourth-order valence-electron chi connectivity index (χ4n) is 3.66. The van der Waals surface area contributed by atoms with Crippen LogP contribution in [0.5, 0.6) is 5.75 Å². The van der Waals surface area contributed by atoms with Crippen molar-refractivity contribution in [3.63, 3.8) is 0 Å². The fourth-order valence-corrected chi connectivity index (χ4v) is 4.43. The van der Waals surface area contributed by atoms with Crippen LogP contribution < -0.4 is 4.74 Å². The minimum atomic E-state index is -5.47. The van der Waals surface area contributed by atoms with Crippen molar-refractivity contribution < 1.29 is 35.9 Å². The Kier molecular flexibility index (Phi) is 7.86. The number of hydrogen-bond acceptors (Lipinski definition) is 5. The fraction of sp³-hybridized carbons (Fsp3) is 0.391. The lowest BCUT2D eigenvalue weighted by Crippen LogP contribution is -2.37. The van der Waals surface area contributed by atoms with Crippen LogP contribution in [0.4, 0.5) is 13.2 Å². The Labute approximate surface area is 196 Å². The zero-order chi connectivity index (χ0) is 24.9. The highest BCUT2D eigenvalue weighted by Gasteiger charge is 2.46. The molecule has 1 aliphatic rings. The van der Waals surface area contributed by atoms with Crippen molar-refractivity contribution in [2.24, 2.45) is 0 Å². The van der Waals surface area contributed by atoms with Gasteiger partial charge >= 0.3 is 5.51 Å². The molecule has 1 aliphatic heterocycles. The summed E-state index contributed by atoms with van der Waals surface area (Å²) in [6.45, 7) is 1.49. The number of halogens is 3. The van der Waals surface area contributed by atoms with Crippen LogP contribution in [0.3, 0.4) is 0 Å². The topological polar surface area (TPSA) is 84.0 Å². The first-order chi connectivity index (χ1) is 16.0. The Morgan fingerprint density at radius 2 is 1.50 bits per heavy atom. The van der Waals surface area contributed by atoms with Gasteiger partial charge in [-0.3, -0.25) is 9.59 Å². The molecule has 0 atom stereocenters. The quantitative estimate of drug-likeness (QED) is 0.610. The summed E-state index contributed by atoms with van der Waals surface area (Å²) < 4.78 is 66.2. The largest absolute Gasteiger partial charge is 0.501 e. The minimum Gasteiger partial charge on any atom is -0.497 e. The molecule has 7 nitrogen and oxygen atoms in total. The van der Waals surface area contributed by atoms with Gasteiger partial charge in [0.2, 0.25) is 5.91 Å². The van der Waals surface area contributed by atoms with Crippen LogP contribution >= 0.6 is 0 Å². The van der Waals surface area contributed by atoms with Crippen LogP contribution in [0, 0.1) is 0 Å². The SMILES string of the molecule is COc1ccc(CCC(=O)N2CCCN(C(=O)c3ccc(S(=O)(=O)C(F)(F)F)cc3)CC2)cc1. The van der Waals surface area contributed by atoms with Gasteiger partial charge in [0, 0.05) is 38.2 Å². The third-order valence-electron chi connectivity index (χ3n) is 5.64. The number of carbonyl (C=O) groups is 2. The molecule has 0 spiro atoms. The van der Waals surface area contributed by atoms with E-state index in [9.17, 15) is 31.2 Å². The molecule has 0 radical (unpaired) electrons. The first-order valence-corrected chi connectivity index (χ1v) is 12.1. The summed E-state index contributed by atoms with van der Waals surface area (Å²) in [6.07, 6.45) is 1.46. The van der Waals surface area contributed by atoms with Gasteiger partial charge in [0.15, 0.2) is 0 Å². The first kappa shape index (κ1) is 25.5. The predicted octanol–water partition coefficient (Wildman–Crippen LogP) is 3.30. The van der Waals surface area contributed by atoms with Gasteiger partial charge < -0.3 is 14.5 Å². The maximum atomic E-state index is 12.8. The third kappa shape index (κ3) is 5.88. The van der Waals surface area contributed by atoms with Crippen LogP contribution in [0.25, 0.3) is 0 Å². The molecule has 0 aliphatic carbocycles. The molecule has 1 heterocycles. The summed E-state index contributed by atoms with van der Waals surface area (Å²) in [5, 5.41) is 0. The molecule has 184 valence electrons. The number of alkyl halides is 3. The molecule has 0 unspecified atom stereocenters. The molecule has 0 bridgehead atoms. The minimum absolute atomic E-state index is 0.0215. The number of benzene rings is 2. The van der Waals surface area contributed by atoms with E-state index >= 15 is 0 Å². The Hall–Kier alpha value is -3.08. The van der Waals surface area contributed by atoms with Gasteiger partial charge in [-0.05, 0) is 54.8 Å². The number of carbonyl (C=O) groups excluding carboxylic acids is 2. The molecule has 2 aromatic carbocycles. The molecule has 1 saturated heterocycles. The van der Waals surface area contributed by atoms with Crippen molar-refractivity contribution in [3.05, 3.63) is 59.7 Å². The summed E-state index contributed by atoms with van der Waals surface area (Å²) in [4.78, 5) is 27.8. The van der Waals surface area contributed by atoms with E-state index in [1.54, 1.807) is 12.0 Å². The molecule has 3 rings (SSSR count). The zero-order valence-corrected chi connectivity index (χ0v) is 19.4. The van der Waals surface area contributed by atoms with Gasteiger partial charge in [0.05, 0.1) is 12.0 Å². The van der Waals surface area contributed by atoms with E-state index in [0.29, 0.717) is 38.9 Å². The third-order valence-corrected chi connectivity index (χ3v) is 7.14. The lowest BCUT2D eigenvalue weighted by atomic mass is 10.1. The molecule has 0 saturated carbocycles. The number of rotatable bonds is 6. The van der Waals surface area contributed by atoms with Crippen LogP contribution in [-0.2, 0) is 21.1 Å². The average Bonchev–Trinajstić information content (AvgIpc) is 3.08. The molecular formula is C23H25F3N2O5S. The van der Waals surface area contributed by atoms with E-state index in [-0.39, 0.29) is 18.0 Å². The van der Waals surface area contributed by atoms with Crippen molar-refractivity contribution in [2.75, 3.05) is 33.3 Å². The first-order valence-electron chi connectivity index (χ1n) is 10.6. The smallest absolute Gasteiger partial charge is 0.497 e. The summed E-state index contributed by atoms with van der Waals surface area (Å²) >= 11 is 0. The van der Waals surface area contributed by atoms with Crippen LogP contribution in [0.1, 0.15) is 28.8 Å². The van der Waals surface area contributed by atoms with Crippen molar-refractivity contribution >= 4 is 21.7 Å². The highest BCUT2D eigenvalue weighted by atomic mass is 32.2. The monoisotopic (exact) mass is 498 g/mol. The lowest BCUT2D eigenvalue weighted by molar-refractivity contribution is -0.131. The molecule has 34 heavy (non-hydrogen) atoms. The molecular weight excluding hydrogens is 473 g/mol. The van der Waals surface area contributed by atoms with Crippen LogP contribution in [-0.4, -0.2) is 68.8 Å². The van der Waals surface area contributed by atoms with Gasteiger partial charge in [-0.1, -0.05) is 12.1 Å². The predicted molar refractivity (Wildman–Crippen MR) is 118 cm³/mol. The lowest BCUT2D eigenvalue weighted by Gasteiger charge is -2.22. The summed E-state index contributed by atoms with van der Waals surface area (Å²) in [6, 6.07) is 11.2. The molecule has 1 fully saturated rings. The van der Waals surface area contributed by atoms with E-state index in [1.807, 2.05) is 24.3 Å². The molecule has 0 aromatic heterocycles. The summed E-state index contributed by atoms with van der Waals surface area (Å²) in [5.74, 6) is 0.291. The number of methoxy groups -OCH3 is 1. The Balaban J connectivity index is 1.56. The number of hydrogen-bond donors (Lipinski definition) is 0. The van der Waals surface area contributed by atoms with Crippen molar-refractivity contribution in [2.45, 2.75) is 29.7 Å². The molecule has 11 heteroatoms. The normalized spacial score (nSPS) is 15.1. The standard InChI is InChI=1S/C23H25F3N2O5S/c1-33-19-8-3-17(4-9-19)5-12-21(29)27-13-2-14-28(16-15-27)22(30)18-6-10-20(11-7-18)34(31,32)23(24,25)26/h3-4,6-11H,2,5,12-16H2,1H3. The molecule has 2 amide bonds. The van der Waals surface area contributed by atoms with Crippen molar-refractivity contribution in [1.29, 1.82) is 0 Å². The Morgan fingerprint density at radius 1 is 0.912 bits per heavy atom. The number of nitrogens with zero attached hydrogens (tertiary/aromatic N) is 2. The molecule has 2 aromatic rings. The van der Waals surface area contributed by atoms with Gasteiger partial charge in [-0.15, -0.1) is 0 Å². The Morgan fingerprint density at radius 3 is 2.09 bits per heavy atom. The maximum Gasteiger partial charge on any atom is 0.501 e. The number of amides is 2. The van der Waals surface area contributed by atoms with Crippen molar-refractivity contribution in [1.82, 2.24) is 9.80 Å². The van der Waals surface area contributed by atoms with Crippen LogP contribution in [0.15, 0.2) is 53.4 Å². The van der Waals surface area contributed by atoms with E-state index in [0.717, 1.165) is 35.6 Å². The van der Waals surface area contributed by atoms with Crippen LogP contribution in [0.2, 0.25) is 0 Å². The molecule has 0 N–H and O–H groups in total. The highest BCUT2D eigenvalue weighted by Crippen LogP contribution is 2.30. The van der Waals surface area contributed by atoms with Crippen molar-refractivity contribution in [3.8, 4) is 5.75 Å². The van der Waals surface area contributed by atoms with Gasteiger partial charge in [0.25, 0.3) is 15.7 Å². The highest BCUT2D eigenvalue weighted by molar-refractivity contribution is 7.92. The second kappa shape index (κ2) is 10.5. The number of sulfone groups is 1. The average molecular weight is 499 g/mol. The van der Waals surface area contributed by atoms with E-state index in [4.69, 9.17) is 4.74 Å². The maximum absolute atomic E-state index is 12.8. The van der Waals surface area contributed by atoms with E-state index < -0.39 is 26.1 Å².